The zero-order chi connectivity index (χ0) is 25.4. The number of quaternary nitrogens is 1. The molecule has 0 aliphatic carbocycles. The van der Waals surface area contributed by atoms with Gasteiger partial charge in [-0.05, 0) is 37.1 Å². The van der Waals surface area contributed by atoms with Crippen molar-refractivity contribution in [1.82, 2.24) is 19.9 Å². The fourth-order valence-corrected chi connectivity index (χ4v) is 4.22. The summed E-state index contributed by atoms with van der Waals surface area (Å²) in [5.41, 5.74) is 1.56. The Labute approximate surface area is 211 Å². The van der Waals surface area contributed by atoms with E-state index in [2.05, 4.69) is 52.6 Å². The number of aromatic nitrogens is 4. The molecular weight excluding hydrogens is 436 g/mol. The van der Waals surface area contributed by atoms with Gasteiger partial charge in [-0.1, -0.05) is 83.7 Å². The van der Waals surface area contributed by atoms with Crippen LogP contribution in [0.4, 0.5) is 5.82 Å². The van der Waals surface area contributed by atoms with E-state index in [-0.39, 0.29) is 5.90 Å². The molecule has 0 amide bonds. The molecule has 0 spiro atoms. The van der Waals surface area contributed by atoms with E-state index in [1.807, 2.05) is 6.07 Å². The van der Waals surface area contributed by atoms with Gasteiger partial charge in [0.1, 0.15) is 11.8 Å². The van der Waals surface area contributed by atoms with Crippen LogP contribution in [-0.4, -0.2) is 56.5 Å². The Bertz CT molecular complexity index is 948. The number of nitrogens with one attached hydrogen (secondary N) is 1. The van der Waals surface area contributed by atoms with Crippen LogP contribution < -0.4 is 5.11 Å². The topological polar surface area (TPSA) is 89.9 Å². The molecule has 0 aliphatic rings. The first-order valence-corrected chi connectivity index (χ1v) is 13.4. The lowest BCUT2D eigenvalue weighted by Gasteiger charge is -2.39. The van der Waals surface area contributed by atoms with Crippen LogP contribution in [0.25, 0.3) is 11.2 Å². The Balaban J connectivity index is 0.000000248. The van der Waals surface area contributed by atoms with Gasteiger partial charge in [-0.25, -0.2) is 19.9 Å². The molecule has 35 heavy (non-hydrogen) atoms. The van der Waals surface area contributed by atoms with E-state index in [9.17, 15) is 5.11 Å². The molecule has 1 aromatic carbocycles. The summed E-state index contributed by atoms with van der Waals surface area (Å²) in [7, 11) is 0. The molecule has 3 aromatic rings. The molecule has 0 saturated heterocycles. The first-order chi connectivity index (χ1) is 17.1. The number of imidazole rings is 1. The first-order valence-electron chi connectivity index (χ1n) is 13.4. The van der Waals surface area contributed by atoms with Crippen molar-refractivity contribution in [1.29, 1.82) is 0 Å². The molecule has 1 N–H and O–H groups in total. The van der Waals surface area contributed by atoms with Gasteiger partial charge in [0.25, 0.3) is 0 Å². The quantitative estimate of drug-likeness (QED) is 0.179. The molecule has 0 aliphatic heterocycles. The Kier molecular flexibility index (Phi) is 13.0. The van der Waals surface area contributed by atoms with Gasteiger partial charge < -0.3 is 14.6 Å². The summed E-state index contributed by atoms with van der Waals surface area (Å²) >= 11 is 0. The van der Waals surface area contributed by atoms with Crippen molar-refractivity contribution in [3.8, 4) is 0 Å². The van der Waals surface area contributed by atoms with Crippen LogP contribution in [-0.2, 0) is 0 Å². The van der Waals surface area contributed by atoms with Crippen molar-refractivity contribution >= 4 is 22.9 Å². The van der Waals surface area contributed by atoms with Gasteiger partial charge >= 0.3 is 0 Å². The molecule has 0 unspecified atom stereocenters. The molecule has 192 valence electrons. The lowest BCUT2D eigenvalue weighted by Crippen LogP contribution is -2.50. The lowest BCUT2D eigenvalue weighted by atomic mass is 10.1. The first kappa shape index (κ1) is 28.4. The number of nitrogens with zero attached hydrogens (tertiary/aromatic N) is 5. The van der Waals surface area contributed by atoms with Crippen LogP contribution in [0.1, 0.15) is 84.6 Å². The van der Waals surface area contributed by atoms with Gasteiger partial charge in [-0.2, -0.15) is 0 Å². The van der Waals surface area contributed by atoms with Crippen LogP contribution in [0.3, 0.4) is 0 Å². The average Bonchev–Trinajstić information content (AvgIpc) is 3.39. The van der Waals surface area contributed by atoms with Crippen molar-refractivity contribution in [2.45, 2.75) is 79.1 Å². The third-order valence-electron chi connectivity index (χ3n) is 6.38. The highest BCUT2D eigenvalue weighted by molar-refractivity contribution is 5.94. The van der Waals surface area contributed by atoms with E-state index in [0.29, 0.717) is 22.5 Å². The van der Waals surface area contributed by atoms with E-state index in [4.69, 9.17) is 0 Å². The van der Waals surface area contributed by atoms with Crippen LogP contribution >= 0.6 is 0 Å². The minimum atomic E-state index is -0.342. The third-order valence-corrected chi connectivity index (χ3v) is 6.38. The van der Waals surface area contributed by atoms with Crippen molar-refractivity contribution in [2.24, 2.45) is 4.99 Å². The largest absolute Gasteiger partial charge is 0.858 e. The molecule has 7 heteroatoms. The minimum Gasteiger partial charge on any atom is -0.858 e. The van der Waals surface area contributed by atoms with Gasteiger partial charge in [-0.15, -0.1) is 0 Å². The number of aromatic amines is 1. The molecule has 0 radical (unpaired) electrons. The summed E-state index contributed by atoms with van der Waals surface area (Å²) in [5.74, 6) is -0.0449. The molecule has 7 nitrogen and oxygen atoms in total. The second-order valence-corrected chi connectivity index (χ2v) is 9.23. The normalized spacial score (nSPS) is 11.9. The molecule has 2 heterocycles. The summed E-state index contributed by atoms with van der Waals surface area (Å²) in [6.07, 6.45) is 13.9. The maximum absolute atomic E-state index is 11.9. The summed E-state index contributed by atoms with van der Waals surface area (Å²) in [5, 5.41) is 11.9. The number of rotatable bonds is 14. The molecule has 3 rings (SSSR count). The van der Waals surface area contributed by atoms with E-state index in [0.717, 1.165) is 0 Å². The maximum Gasteiger partial charge on any atom is 0.182 e. The van der Waals surface area contributed by atoms with Crippen molar-refractivity contribution in [3.63, 3.8) is 0 Å². The van der Waals surface area contributed by atoms with Crippen LogP contribution in [0.15, 0.2) is 48.0 Å². The van der Waals surface area contributed by atoms with Gasteiger partial charge in [0.2, 0.25) is 0 Å². The summed E-state index contributed by atoms with van der Waals surface area (Å²) in [4.78, 5) is 18.7. The number of hydrogen-bond donors (Lipinski definition) is 1. The molecule has 0 bridgehead atoms. The second kappa shape index (κ2) is 16.0. The molecule has 2 aromatic heterocycles. The highest BCUT2D eigenvalue weighted by Gasteiger charge is 2.24. The second-order valence-electron chi connectivity index (χ2n) is 9.23. The number of hydrogen-bond acceptors (Lipinski definition) is 5. The third kappa shape index (κ3) is 9.40. The Morgan fingerprint density at radius 2 is 1.34 bits per heavy atom. The Hall–Kier alpha value is -2.80. The number of benzene rings is 1. The van der Waals surface area contributed by atoms with Gasteiger partial charge in [0.05, 0.1) is 32.5 Å². The molecule has 0 saturated carbocycles. The summed E-state index contributed by atoms with van der Waals surface area (Å²) in [6.45, 7) is 15.0. The highest BCUT2D eigenvalue weighted by atomic mass is 16.3. The number of unbranched alkanes of at least 4 members (excludes halogenated alkanes) is 4. The van der Waals surface area contributed by atoms with Crippen LogP contribution in [0.2, 0.25) is 0 Å². The number of fused-ring (bicyclic) bond motifs is 1. The smallest absolute Gasteiger partial charge is 0.182 e. The van der Waals surface area contributed by atoms with Gasteiger partial charge in [-0.3, -0.25) is 0 Å². The van der Waals surface area contributed by atoms with E-state index in [1.54, 1.807) is 24.3 Å². The predicted octanol–water partition coefficient (Wildman–Crippen LogP) is 5.80. The zero-order valence-corrected chi connectivity index (χ0v) is 22.2. The SMILES string of the molecule is CCCC[N+](CCCC)(CCCC)CCCC.[O-]C(=Nc1ncnc2nc[nH]c12)c1ccccc1. The predicted molar refractivity (Wildman–Crippen MR) is 144 cm³/mol. The number of aliphatic imine (C=N–C) groups is 1. The van der Waals surface area contributed by atoms with Gasteiger partial charge in [0, 0.05) is 0 Å². The lowest BCUT2D eigenvalue weighted by molar-refractivity contribution is -0.929. The Morgan fingerprint density at radius 3 is 1.86 bits per heavy atom. The van der Waals surface area contributed by atoms with Crippen LogP contribution in [0, 0.1) is 0 Å². The fourth-order valence-electron chi connectivity index (χ4n) is 4.22. The highest BCUT2D eigenvalue weighted by Crippen LogP contribution is 2.18. The summed E-state index contributed by atoms with van der Waals surface area (Å²) in [6, 6.07) is 8.83. The van der Waals surface area contributed by atoms with E-state index in [1.165, 1.54) is 94.7 Å². The van der Waals surface area contributed by atoms with E-state index < -0.39 is 0 Å². The Morgan fingerprint density at radius 1 is 0.800 bits per heavy atom. The average molecular weight is 481 g/mol. The standard InChI is InChI=1S/C16H36N.C12H9N5O/c1-5-9-13-17(14-10-6-2,15-11-7-3)16-12-8-4;18-12(8-4-2-1-3-5-8)17-11-9-10(14-6-13-9)15-7-16-11/h5-16H2,1-4H3;1-7H,(H2,13,14,15,16,17,18)/q+1;/p-1. The molecular formula is C28H44N6O. The molecule has 0 atom stereocenters. The summed E-state index contributed by atoms with van der Waals surface area (Å²) < 4.78 is 1.42. The number of H-pyrrole nitrogens is 1. The minimum absolute atomic E-state index is 0.298. The van der Waals surface area contributed by atoms with Crippen molar-refractivity contribution in [3.05, 3.63) is 48.5 Å². The van der Waals surface area contributed by atoms with Gasteiger partial charge in [0.15, 0.2) is 11.5 Å². The monoisotopic (exact) mass is 480 g/mol. The van der Waals surface area contributed by atoms with E-state index >= 15 is 0 Å². The maximum atomic E-state index is 11.9. The fraction of sp³-hybridized carbons (Fsp3) is 0.571. The van der Waals surface area contributed by atoms with Crippen LogP contribution in [0.5, 0.6) is 0 Å². The van der Waals surface area contributed by atoms with Crippen molar-refractivity contribution in [2.75, 3.05) is 26.2 Å². The zero-order valence-electron chi connectivity index (χ0n) is 22.2. The molecule has 0 fully saturated rings. The van der Waals surface area contributed by atoms with Crippen molar-refractivity contribution < 1.29 is 9.59 Å².